The molecule has 2 fully saturated rings. The third kappa shape index (κ3) is 2.68. The van der Waals surface area contributed by atoms with Crippen molar-refractivity contribution in [2.75, 3.05) is 52.9 Å². The monoisotopic (exact) mass is 212 g/mol. The minimum Gasteiger partial charge on any atom is -0.358 e. The van der Waals surface area contributed by atoms with Crippen LogP contribution in [0.3, 0.4) is 0 Å². The van der Waals surface area contributed by atoms with Crippen molar-refractivity contribution in [2.45, 2.75) is 6.04 Å². The lowest BCUT2D eigenvalue weighted by Crippen LogP contribution is -2.62. The molecule has 0 unspecified atom stereocenters. The molecule has 15 heavy (non-hydrogen) atoms. The van der Waals surface area contributed by atoms with E-state index in [1.165, 1.54) is 0 Å². The number of rotatable bonds is 3. The Morgan fingerprint density at radius 2 is 2.00 bits per heavy atom. The van der Waals surface area contributed by atoms with Gasteiger partial charge in [-0.15, -0.1) is 0 Å². The summed E-state index contributed by atoms with van der Waals surface area (Å²) in [7, 11) is 1.69. The molecule has 2 heterocycles. The molecule has 86 valence electrons. The zero-order valence-electron chi connectivity index (χ0n) is 9.33. The van der Waals surface area contributed by atoms with Gasteiger partial charge in [-0.25, -0.2) is 0 Å². The van der Waals surface area contributed by atoms with Crippen LogP contribution in [0.15, 0.2) is 0 Å². The maximum absolute atomic E-state index is 11.2. The number of nitrogens with one attached hydrogen (secondary N) is 2. The van der Waals surface area contributed by atoms with Gasteiger partial charge in [-0.2, -0.15) is 0 Å². The Hall–Kier alpha value is -0.650. The number of likely N-dealkylation sites (N-methyl/N-ethyl adjacent to an activating group) is 1. The molecule has 0 aliphatic carbocycles. The van der Waals surface area contributed by atoms with Gasteiger partial charge in [0, 0.05) is 52.4 Å². The number of nitrogens with zero attached hydrogens (tertiary/aromatic N) is 2. The molecule has 2 rings (SSSR count). The van der Waals surface area contributed by atoms with Crippen LogP contribution in [0.25, 0.3) is 0 Å². The number of hydrogen-bond donors (Lipinski definition) is 2. The van der Waals surface area contributed by atoms with Gasteiger partial charge in [-0.3, -0.25) is 14.6 Å². The van der Waals surface area contributed by atoms with E-state index in [-0.39, 0.29) is 5.91 Å². The molecule has 0 atom stereocenters. The SMILES string of the molecule is CNC(=O)CN1CCN(C2CNC2)CC1. The average Bonchev–Trinajstić information content (AvgIpc) is 2.18. The lowest BCUT2D eigenvalue weighted by atomic mass is 10.1. The van der Waals surface area contributed by atoms with E-state index in [0.717, 1.165) is 45.3 Å². The van der Waals surface area contributed by atoms with Crippen molar-refractivity contribution in [2.24, 2.45) is 0 Å². The predicted molar refractivity (Wildman–Crippen MR) is 58.7 cm³/mol. The second kappa shape index (κ2) is 4.92. The minimum atomic E-state index is 0.119. The Morgan fingerprint density at radius 1 is 1.33 bits per heavy atom. The summed E-state index contributed by atoms with van der Waals surface area (Å²) in [6.45, 7) is 7.05. The molecule has 0 aromatic rings. The van der Waals surface area contributed by atoms with Crippen molar-refractivity contribution >= 4 is 5.91 Å². The molecule has 0 aromatic heterocycles. The minimum absolute atomic E-state index is 0.119. The van der Waals surface area contributed by atoms with Crippen LogP contribution in [-0.4, -0.2) is 74.6 Å². The van der Waals surface area contributed by atoms with Crippen molar-refractivity contribution in [3.05, 3.63) is 0 Å². The third-order valence-electron chi connectivity index (χ3n) is 3.33. The number of piperazine rings is 1. The summed E-state index contributed by atoms with van der Waals surface area (Å²) in [6.07, 6.45) is 0. The van der Waals surface area contributed by atoms with E-state index < -0.39 is 0 Å². The van der Waals surface area contributed by atoms with Crippen molar-refractivity contribution in [3.8, 4) is 0 Å². The van der Waals surface area contributed by atoms with Gasteiger partial charge >= 0.3 is 0 Å². The Labute approximate surface area is 90.8 Å². The number of amides is 1. The first kappa shape index (κ1) is 10.9. The van der Waals surface area contributed by atoms with Gasteiger partial charge in [-0.05, 0) is 0 Å². The molecule has 0 bridgehead atoms. The maximum atomic E-state index is 11.2. The highest BCUT2D eigenvalue weighted by molar-refractivity contribution is 5.77. The van der Waals surface area contributed by atoms with E-state index in [1.807, 2.05) is 0 Å². The molecule has 0 spiro atoms. The van der Waals surface area contributed by atoms with Crippen LogP contribution in [-0.2, 0) is 4.79 Å². The zero-order chi connectivity index (χ0) is 10.7. The molecule has 1 amide bonds. The molecular formula is C10H20N4O. The molecule has 5 nitrogen and oxygen atoms in total. The molecule has 2 saturated heterocycles. The van der Waals surface area contributed by atoms with Crippen LogP contribution < -0.4 is 10.6 Å². The summed E-state index contributed by atoms with van der Waals surface area (Å²) in [5, 5.41) is 5.96. The summed E-state index contributed by atoms with van der Waals surface area (Å²) >= 11 is 0. The molecule has 5 heteroatoms. The second-order valence-electron chi connectivity index (χ2n) is 4.30. The van der Waals surface area contributed by atoms with Crippen molar-refractivity contribution in [3.63, 3.8) is 0 Å². The number of hydrogen-bond acceptors (Lipinski definition) is 4. The van der Waals surface area contributed by atoms with Crippen LogP contribution in [0.5, 0.6) is 0 Å². The normalized spacial score (nSPS) is 24.9. The lowest BCUT2D eigenvalue weighted by molar-refractivity contribution is -0.122. The quantitative estimate of drug-likeness (QED) is 0.587. The average molecular weight is 212 g/mol. The van der Waals surface area contributed by atoms with E-state index >= 15 is 0 Å². The fraction of sp³-hybridized carbons (Fsp3) is 0.900. The Kier molecular flexibility index (Phi) is 3.56. The summed E-state index contributed by atoms with van der Waals surface area (Å²) in [5.41, 5.74) is 0. The largest absolute Gasteiger partial charge is 0.358 e. The first-order valence-corrected chi connectivity index (χ1v) is 5.67. The van der Waals surface area contributed by atoms with Gasteiger partial charge in [0.2, 0.25) is 5.91 Å². The van der Waals surface area contributed by atoms with Crippen LogP contribution >= 0.6 is 0 Å². The van der Waals surface area contributed by atoms with Crippen molar-refractivity contribution < 1.29 is 4.79 Å². The van der Waals surface area contributed by atoms with E-state index in [9.17, 15) is 4.79 Å². The number of carbonyl (C=O) groups is 1. The van der Waals surface area contributed by atoms with Gasteiger partial charge < -0.3 is 10.6 Å². The zero-order valence-corrected chi connectivity index (χ0v) is 9.33. The lowest BCUT2D eigenvalue weighted by Gasteiger charge is -2.43. The molecule has 2 aliphatic rings. The first-order valence-electron chi connectivity index (χ1n) is 5.67. The predicted octanol–water partition coefficient (Wildman–Crippen LogP) is -1.68. The Morgan fingerprint density at radius 3 is 2.47 bits per heavy atom. The Balaban J connectivity index is 1.69. The van der Waals surface area contributed by atoms with Crippen molar-refractivity contribution in [1.82, 2.24) is 20.4 Å². The summed E-state index contributed by atoms with van der Waals surface area (Å²) < 4.78 is 0. The van der Waals surface area contributed by atoms with Gasteiger partial charge in [0.1, 0.15) is 0 Å². The fourth-order valence-corrected chi connectivity index (χ4v) is 2.10. The van der Waals surface area contributed by atoms with Gasteiger partial charge in [-0.1, -0.05) is 0 Å². The van der Waals surface area contributed by atoms with E-state index in [1.54, 1.807) is 7.05 Å². The van der Waals surface area contributed by atoms with Crippen LogP contribution in [0, 0.1) is 0 Å². The topological polar surface area (TPSA) is 47.6 Å². The molecule has 2 aliphatic heterocycles. The first-order chi connectivity index (χ1) is 7.29. The molecule has 0 aromatic carbocycles. The van der Waals surface area contributed by atoms with E-state index in [2.05, 4.69) is 20.4 Å². The highest BCUT2D eigenvalue weighted by atomic mass is 16.1. The number of carbonyl (C=O) groups excluding carboxylic acids is 1. The highest BCUT2D eigenvalue weighted by Crippen LogP contribution is 2.09. The van der Waals surface area contributed by atoms with E-state index in [0.29, 0.717) is 6.54 Å². The van der Waals surface area contributed by atoms with Gasteiger partial charge in [0.25, 0.3) is 0 Å². The molecule has 0 radical (unpaired) electrons. The standard InChI is InChI=1S/C10H20N4O/c1-11-10(15)8-13-2-4-14(5-3-13)9-6-12-7-9/h9,12H,2-8H2,1H3,(H,11,15). The summed E-state index contributed by atoms with van der Waals surface area (Å²) in [4.78, 5) is 15.9. The smallest absolute Gasteiger partial charge is 0.233 e. The molecule has 2 N–H and O–H groups in total. The molecule has 0 saturated carbocycles. The van der Waals surface area contributed by atoms with E-state index in [4.69, 9.17) is 0 Å². The maximum Gasteiger partial charge on any atom is 0.233 e. The summed E-state index contributed by atoms with van der Waals surface area (Å²) in [6, 6.07) is 0.743. The summed E-state index contributed by atoms with van der Waals surface area (Å²) in [5.74, 6) is 0.119. The fourth-order valence-electron chi connectivity index (χ4n) is 2.10. The molecular weight excluding hydrogens is 192 g/mol. The highest BCUT2D eigenvalue weighted by Gasteiger charge is 2.27. The Bertz CT molecular complexity index is 221. The van der Waals surface area contributed by atoms with Crippen LogP contribution in [0.2, 0.25) is 0 Å². The van der Waals surface area contributed by atoms with Gasteiger partial charge in [0.15, 0.2) is 0 Å². The van der Waals surface area contributed by atoms with Gasteiger partial charge in [0.05, 0.1) is 6.54 Å². The third-order valence-corrected chi connectivity index (χ3v) is 3.33. The second-order valence-corrected chi connectivity index (χ2v) is 4.30. The van der Waals surface area contributed by atoms with Crippen molar-refractivity contribution in [1.29, 1.82) is 0 Å². The van der Waals surface area contributed by atoms with Crippen LogP contribution in [0.4, 0.5) is 0 Å². The van der Waals surface area contributed by atoms with Crippen LogP contribution in [0.1, 0.15) is 0 Å².